The standard InChI is InChI=1S/C17H12BrNO4S/c18-12-3-1-2-11(6-12)9-19-16(22)15(24-17(19)23)8-10-4-5-13(20)14(21)7-10/h1-8,20-21H,9H2/b15-8-. The molecule has 0 bridgehead atoms. The maximum atomic E-state index is 12.5. The monoisotopic (exact) mass is 405 g/mol. The number of aromatic hydroxyl groups is 2. The van der Waals surface area contributed by atoms with Crippen molar-refractivity contribution in [2.45, 2.75) is 6.54 Å². The molecule has 24 heavy (non-hydrogen) atoms. The molecule has 0 unspecified atom stereocenters. The quantitative estimate of drug-likeness (QED) is 0.593. The van der Waals surface area contributed by atoms with Gasteiger partial charge in [0.05, 0.1) is 11.4 Å². The lowest BCUT2D eigenvalue weighted by Gasteiger charge is -2.12. The van der Waals surface area contributed by atoms with Gasteiger partial charge in [-0.25, -0.2) is 0 Å². The number of phenolic OH excluding ortho intramolecular Hbond substituents is 2. The van der Waals surface area contributed by atoms with Gasteiger partial charge >= 0.3 is 0 Å². The van der Waals surface area contributed by atoms with E-state index in [1.165, 1.54) is 23.1 Å². The van der Waals surface area contributed by atoms with Crippen LogP contribution in [-0.4, -0.2) is 26.3 Å². The summed E-state index contributed by atoms with van der Waals surface area (Å²) in [5, 5.41) is 18.5. The number of benzene rings is 2. The summed E-state index contributed by atoms with van der Waals surface area (Å²) in [5.41, 5.74) is 1.37. The summed E-state index contributed by atoms with van der Waals surface area (Å²) in [6.45, 7) is 0.197. The Balaban J connectivity index is 1.83. The second-order valence-corrected chi connectivity index (χ2v) is 7.05. The molecule has 3 rings (SSSR count). The number of phenols is 2. The van der Waals surface area contributed by atoms with Crippen LogP contribution < -0.4 is 0 Å². The first-order chi connectivity index (χ1) is 11.4. The molecule has 0 spiro atoms. The van der Waals surface area contributed by atoms with Gasteiger partial charge in [0.1, 0.15) is 0 Å². The van der Waals surface area contributed by atoms with Gasteiger partial charge in [0.25, 0.3) is 11.1 Å². The van der Waals surface area contributed by atoms with Gasteiger partial charge in [0.15, 0.2) is 11.5 Å². The molecular formula is C17H12BrNO4S. The van der Waals surface area contributed by atoms with Crippen LogP contribution in [0.2, 0.25) is 0 Å². The molecule has 7 heteroatoms. The van der Waals surface area contributed by atoms with E-state index in [2.05, 4.69) is 15.9 Å². The van der Waals surface area contributed by atoms with Crippen LogP contribution >= 0.6 is 27.7 Å². The Morgan fingerprint density at radius 1 is 1.08 bits per heavy atom. The lowest BCUT2D eigenvalue weighted by atomic mass is 10.2. The number of hydrogen-bond acceptors (Lipinski definition) is 5. The number of imide groups is 1. The minimum absolute atomic E-state index is 0.197. The Hall–Kier alpha value is -2.25. The fourth-order valence-electron chi connectivity index (χ4n) is 2.24. The second kappa shape index (κ2) is 6.70. The minimum Gasteiger partial charge on any atom is -0.504 e. The first-order valence-corrected chi connectivity index (χ1v) is 8.57. The zero-order chi connectivity index (χ0) is 17.3. The number of rotatable bonds is 3. The molecule has 0 aliphatic carbocycles. The average Bonchev–Trinajstić information content (AvgIpc) is 2.79. The first-order valence-electron chi connectivity index (χ1n) is 6.96. The van der Waals surface area contributed by atoms with Crippen LogP contribution in [0.15, 0.2) is 51.8 Å². The fraction of sp³-hybridized carbons (Fsp3) is 0.0588. The van der Waals surface area contributed by atoms with E-state index in [9.17, 15) is 19.8 Å². The molecule has 0 atom stereocenters. The predicted molar refractivity (Wildman–Crippen MR) is 95.4 cm³/mol. The Kier molecular flexibility index (Phi) is 4.64. The number of halogens is 1. The molecule has 2 N–H and O–H groups in total. The highest BCUT2D eigenvalue weighted by Gasteiger charge is 2.35. The topological polar surface area (TPSA) is 77.8 Å². The van der Waals surface area contributed by atoms with Crippen LogP contribution in [0.5, 0.6) is 11.5 Å². The van der Waals surface area contributed by atoms with E-state index in [1.807, 2.05) is 24.3 Å². The van der Waals surface area contributed by atoms with E-state index in [4.69, 9.17) is 0 Å². The predicted octanol–water partition coefficient (Wildman–Crippen LogP) is 4.10. The third-order valence-electron chi connectivity index (χ3n) is 3.40. The number of hydrogen-bond donors (Lipinski definition) is 2. The molecule has 1 aliphatic heterocycles. The smallest absolute Gasteiger partial charge is 0.293 e. The second-order valence-electron chi connectivity index (χ2n) is 5.15. The summed E-state index contributed by atoms with van der Waals surface area (Å²) in [4.78, 5) is 26.0. The highest BCUT2D eigenvalue weighted by Crippen LogP contribution is 2.34. The number of thioether (sulfide) groups is 1. The SMILES string of the molecule is O=C1S/C(=C\c2ccc(O)c(O)c2)C(=O)N1Cc1cccc(Br)c1. The van der Waals surface area contributed by atoms with Crippen molar-refractivity contribution in [1.29, 1.82) is 0 Å². The number of carbonyl (C=O) groups excluding carboxylic acids is 2. The van der Waals surface area contributed by atoms with Gasteiger partial charge in [-0.15, -0.1) is 0 Å². The number of nitrogens with zero attached hydrogens (tertiary/aromatic N) is 1. The lowest BCUT2D eigenvalue weighted by Crippen LogP contribution is -2.27. The van der Waals surface area contributed by atoms with Crippen LogP contribution in [0.3, 0.4) is 0 Å². The highest BCUT2D eigenvalue weighted by molar-refractivity contribution is 9.10. The summed E-state index contributed by atoms with van der Waals surface area (Å²) in [6, 6.07) is 11.6. The van der Waals surface area contributed by atoms with Crippen LogP contribution in [0.4, 0.5) is 4.79 Å². The first kappa shape index (κ1) is 16.6. The molecule has 1 saturated heterocycles. The third-order valence-corrected chi connectivity index (χ3v) is 4.80. The molecule has 1 heterocycles. The summed E-state index contributed by atoms with van der Waals surface area (Å²) in [7, 11) is 0. The van der Waals surface area contributed by atoms with E-state index >= 15 is 0 Å². The van der Waals surface area contributed by atoms with Gasteiger partial charge < -0.3 is 10.2 Å². The van der Waals surface area contributed by atoms with Crippen molar-refractivity contribution in [3.8, 4) is 11.5 Å². The molecule has 1 fully saturated rings. The van der Waals surface area contributed by atoms with Gasteiger partial charge in [-0.05, 0) is 53.2 Å². The number of carbonyl (C=O) groups is 2. The minimum atomic E-state index is -0.377. The highest BCUT2D eigenvalue weighted by atomic mass is 79.9. The molecule has 0 saturated carbocycles. The summed E-state index contributed by atoms with van der Waals surface area (Å²) < 4.78 is 0.877. The molecule has 0 radical (unpaired) electrons. The number of amides is 2. The Morgan fingerprint density at radius 2 is 1.88 bits per heavy atom. The average molecular weight is 406 g/mol. The maximum absolute atomic E-state index is 12.5. The van der Waals surface area contributed by atoms with Crippen LogP contribution in [0.25, 0.3) is 6.08 Å². The van der Waals surface area contributed by atoms with Crippen LogP contribution in [0, 0.1) is 0 Å². The van der Waals surface area contributed by atoms with Crippen molar-refractivity contribution in [1.82, 2.24) is 4.90 Å². The van der Waals surface area contributed by atoms with Gasteiger partial charge in [0.2, 0.25) is 0 Å². The summed E-state index contributed by atoms with van der Waals surface area (Å²) in [5.74, 6) is -0.899. The third kappa shape index (κ3) is 3.47. The molecule has 2 aromatic rings. The molecule has 1 aliphatic rings. The molecule has 2 amide bonds. The Bertz CT molecular complexity index is 865. The van der Waals surface area contributed by atoms with Gasteiger partial charge in [-0.3, -0.25) is 14.5 Å². The zero-order valence-corrected chi connectivity index (χ0v) is 14.7. The summed E-state index contributed by atoms with van der Waals surface area (Å²) in [6.07, 6.45) is 1.52. The van der Waals surface area contributed by atoms with Crippen molar-refractivity contribution < 1.29 is 19.8 Å². The molecule has 0 aromatic heterocycles. The lowest BCUT2D eigenvalue weighted by molar-refractivity contribution is -0.123. The van der Waals surface area contributed by atoms with E-state index in [-0.39, 0.29) is 34.1 Å². The normalized spacial score (nSPS) is 16.2. The largest absolute Gasteiger partial charge is 0.504 e. The van der Waals surface area contributed by atoms with Crippen LogP contribution in [-0.2, 0) is 11.3 Å². The van der Waals surface area contributed by atoms with Crippen molar-refractivity contribution in [2.24, 2.45) is 0 Å². The Morgan fingerprint density at radius 3 is 2.58 bits per heavy atom. The molecule has 5 nitrogen and oxygen atoms in total. The van der Waals surface area contributed by atoms with E-state index < -0.39 is 0 Å². The fourth-order valence-corrected chi connectivity index (χ4v) is 3.52. The van der Waals surface area contributed by atoms with Gasteiger partial charge in [0, 0.05) is 4.47 Å². The van der Waals surface area contributed by atoms with E-state index in [1.54, 1.807) is 6.07 Å². The molecule has 122 valence electrons. The van der Waals surface area contributed by atoms with Crippen molar-refractivity contribution in [3.63, 3.8) is 0 Å². The Labute approximate surface area is 150 Å². The van der Waals surface area contributed by atoms with E-state index in [0.29, 0.717) is 5.56 Å². The van der Waals surface area contributed by atoms with Crippen molar-refractivity contribution in [3.05, 3.63) is 63.0 Å². The van der Waals surface area contributed by atoms with Gasteiger partial charge in [-0.1, -0.05) is 34.1 Å². The van der Waals surface area contributed by atoms with Crippen molar-refractivity contribution >= 4 is 44.9 Å². The summed E-state index contributed by atoms with van der Waals surface area (Å²) >= 11 is 4.21. The maximum Gasteiger partial charge on any atom is 0.293 e. The molecular weight excluding hydrogens is 394 g/mol. The van der Waals surface area contributed by atoms with Gasteiger partial charge in [-0.2, -0.15) is 0 Å². The zero-order valence-electron chi connectivity index (χ0n) is 12.3. The van der Waals surface area contributed by atoms with Crippen LogP contribution in [0.1, 0.15) is 11.1 Å². The van der Waals surface area contributed by atoms with E-state index in [0.717, 1.165) is 21.8 Å². The van der Waals surface area contributed by atoms with Crippen molar-refractivity contribution in [2.75, 3.05) is 0 Å². The molecule has 2 aromatic carbocycles.